The minimum absolute atomic E-state index is 0.0839. The fraction of sp³-hybridized carbons (Fsp3) is 0.200. The Hall–Kier alpha value is -2.88. The van der Waals surface area contributed by atoms with Crippen LogP contribution in [0.15, 0.2) is 54.6 Å². The Kier molecular flexibility index (Phi) is 3.45. The fourth-order valence-corrected chi connectivity index (χ4v) is 3.64. The molecule has 0 unspecified atom stereocenters. The molecule has 1 amide bonds. The molecule has 120 valence electrons. The van der Waals surface area contributed by atoms with Crippen molar-refractivity contribution >= 4 is 33.4 Å². The lowest BCUT2D eigenvalue weighted by Gasteiger charge is -2.23. The second-order valence-corrected chi connectivity index (χ2v) is 6.21. The Balaban J connectivity index is 1.90. The topological polar surface area (TPSA) is 57.6 Å². The average Bonchev–Trinajstić information content (AvgIpc) is 2.95. The van der Waals surface area contributed by atoms with E-state index in [0.717, 1.165) is 27.1 Å². The van der Waals surface area contributed by atoms with E-state index in [0.29, 0.717) is 19.4 Å². The number of carboxylic acid groups (broad SMARTS) is 1. The Labute approximate surface area is 139 Å². The number of carboxylic acids is 1. The molecule has 1 N–H and O–H groups in total. The summed E-state index contributed by atoms with van der Waals surface area (Å²) in [6, 6.07) is 17.5. The molecule has 1 aliphatic rings. The third-order valence-electron chi connectivity index (χ3n) is 4.82. The lowest BCUT2D eigenvalue weighted by atomic mass is 9.96. The first-order chi connectivity index (χ1) is 11.6. The predicted molar refractivity (Wildman–Crippen MR) is 92.7 cm³/mol. The van der Waals surface area contributed by atoms with Crippen molar-refractivity contribution < 1.29 is 14.7 Å². The molecule has 24 heavy (non-hydrogen) atoms. The van der Waals surface area contributed by atoms with E-state index in [-0.39, 0.29) is 5.91 Å². The second kappa shape index (κ2) is 5.64. The number of benzene rings is 3. The normalized spacial score (nSPS) is 17.8. The highest BCUT2D eigenvalue weighted by Gasteiger charge is 2.36. The van der Waals surface area contributed by atoms with Crippen molar-refractivity contribution in [2.24, 2.45) is 0 Å². The monoisotopic (exact) mass is 319 g/mol. The number of rotatable bonds is 3. The van der Waals surface area contributed by atoms with E-state index in [1.165, 1.54) is 4.90 Å². The molecule has 0 aliphatic carbocycles. The first-order valence-corrected chi connectivity index (χ1v) is 8.07. The van der Waals surface area contributed by atoms with Crippen molar-refractivity contribution in [3.8, 4) is 0 Å². The number of nitrogens with zero attached hydrogens (tertiary/aromatic N) is 1. The van der Waals surface area contributed by atoms with Crippen molar-refractivity contribution in [3.63, 3.8) is 0 Å². The lowest BCUT2D eigenvalue weighted by molar-refractivity contribution is -0.146. The molecule has 1 saturated heterocycles. The van der Waals surface area contributed by atoms with Gasteiger partial charge in [0.1, 0.15) is 6.04 Å². The van der Waals surface area contributed by atoms with Crippen molar-refractivity contribution in [2.75, 3.05) is 0 Å². The molecule has 4 rings (SSSR count). The molecule has 0 saturated carbocycles. The van der Waals surface area contributed by atoms with E-state index in [1.807, 2.05) is 48.5 Å². The van der Waals surface area contributed by atoms with Crippen LogP contribution in [0, 0.1) is 0 Å². The standard InChI is InChI=1S/C20H17NO3/c22-19-10-9-18(20(23)24)21(19)12-17-15-7-3-1-5-13(15)11-14-6-2-4-8-16(14)17/h1-8,11,18H,9-10,12H2,(H,23,24)/t18-/m0/s1. The first kappa shape index (κ1) is 14.7. The SMILES string of the molecule is O=C(O)[C@@H]1CCC(=O)N1Cc1c2ccccc2cc2ccccc12. The minimum Gasteiger partial charge on any atom is -0.480 e. The molecule has 0 aromatic heterocycles. The van der Waals surface area contributed by atoms with Gasteiger partial charge in [0.2, 0.25) is 5.91 Å². The molecule has 0 spiro atoms. The summed E-state index contributed by atoms with van der Waals surface area (Å²) < 4.78 is 0. The van der Waals surface area contributed by atoms with Gasteiger partial charge in [-0.25, -0.2) is 4.79 Å². The van der Waals surface area contributed by atoms with Crippen molar-refractivity contribution in [1.82, 2.24) is 4.90 Å². The van der Waals surface area contributed by atoms with Crippen LogP contribution < -0.4 is 0 Å². The van der Waals surface area contributed by atoms with Gasteiger partial charge in [-0.15, -0.1) is 0 Å². The van der Waals surface area contributed by atoms with Gasteiger partial charge in [-0.1, -0.05) is 48.5 Å². The highest BCUT2D eigenvalue weighted by Crippen LogP contribution is 2.31. The van der Waals surface area contributed by atoms with E-state index in [2.05, 4.69) is 6.07 Å². The van der Waals surface area contributed by atoms with Gasteiger partial charge in [-0.05, 0) is 39.6 Å². The molecule has 0 bridgehead atoms. The van der Waals surface area contributed by atoms with E-state index in [9.17, 15) is 14.7 Å². The number of likely N-dealkylation sites (tertiary alicyclic amines) is 1. The molecular weight excluding hydrogens is 302 g/mol. The van der Waals surface area contributed by atoms with Crippen molar-refractivity contribution in [3.05, 3.63) is 60.2 Å². The van der Waals surface area contributed by atoms with E-state index in [1.54, 1.807) is 0 Å². The van der Waals surface area contributed by atoms with Crippen LogP contribution in [0.3, 0.4) is 0 Å². The summed E-state index contributed by atoms with van der Waals surface area (Å²) in [5.41, 5.74) is 1.02. The summed E-state index contributed by atoms with van der Waals surface area (Å²) >= 11 is 0. The summed E-state index contributed by atoms with van der Waals surface area (Å²) in [7, 11) is 0. The maximum atomic E-state index is 12.2. The summed E-state index contributed by atoms with van der Waals surface area (Å²) in [5, 5.41) is 13.8. The van der Waals surface area contributed by atoms with Crippen LogP contribution in [0.1, 0.15) is 18.4 Å². The average molecular weight is 319 g/mol. The van der Waals surface area contributed by atoms with Gasteiger partial charge in [0.05, 0.1) is 0 Å². The van der Waals surface area contributed by atoms with Crippen LogP contribution >= 0.6 is 0 Å². The van der Waals surface area contributed by atoms with Crippen molar-refractivity contribution in [1.29, 1.82) is 0 Å². The van der Waals surface area contributed by atoms with E-state index >= 15 is 0 Å². The first-order valence-electron chi connectivity index (χ1n) is 8.07. The smallest absolute Gasteiger partial charge is 0.326 e. The largest absolute Gasteiger partial charge is 0.480 e. The van der Waals surface area contributed by atoms with Gasteiger partial charge in [-0.3, -0.25) is 4.79 Å². The van der Waals surface area contributed by atoms with E-state index in [4.69, 9.17) is 0 Å². The van der Waals surface area contributed by atoms with E-state index < -0.39 is 12.0 Å². The van der Waals surface area contributed by atoms with Crippen molar-refractivity contribution in [2.45, 2.75) is 25.4 Å². The Morgan fingerprint density at radius 1 is 1.04 bits per heavy atom. The maximum Gasteiger partial charge on any atom is 0.326 e. The van der Waals surface area contributed by atoms with Crippen LogP contribution in [0.4, 0.5) is 0 Å². The van der Waals surface area contributed by atoms with Gasteiger partial charge in [-0.2, -0.15) is 0 Å². The number of aliphatic carboxylic acids is 1. The highest BCUT2D eigenvalue weighted by molar-refractivity contribution is 6.02. The quantitative estimate of drug-likeness (QED) is 0.751. The number of carbonyl (C=O) groups excluding carboxylic acids is 1. The summed E-state index contributed by atoms with van der Waals surface area (Å²) in [6.45, 7) is 0.331. The maximum absolute atomic E-state index is 12.2. The molecule has 4 heteroatoms. The molecule has 3 aromatic carbocycles. The zero-order valence-electron chi connectivity index (χ0n) is 13.1. The highest BCUT2D eigenvalue weighted by atomic mass is 16.4. The second-order valence-electron chi connectivity index (χ2n) is 6.21. The third-order valence-corrected chi connectivity index (χ3v) is 4.82. The molecule has 1 heterocycles. The number of carbonyl (C=O) groups is 2. The Morgan fingerprint density at radius 3 is 2.21 bits per heavy atom. The molecule has 1 fully saturated rings. The van der Waals surface area contributed by atoms with Gasteiger partial charge in [0.25, 0.3) is 0 Å². The van der Waals surface area contributed by atoms with Gasteiger partial charge < -0.3 is 10.0 Å². The van der Waals surface area contributed by atoms with Crippen LogP contribution in [0.25, 0.3) is 21.5 Å². The Bertz CT molecular complexity index is 909. The minimum atomic E-state index is -0.926. The molecule has 0 radical (unpaired) electrons. The Morgan fingerprint density at radius 2 is 1.62 bits per heavy atom. The number of hydrogen-bond donors (Lipinski definition) is 1. The number of fused-ring (bicyclic) bond motifs is 2. The van der Waals surface area contributed by atoms with Crippen LogP contribution in [0.2, 0.25) is 0 Å². The zero-order valence-corrected chi connectivity index (χ0v) is 13.1. The number of amides is 1. The summed E-state index contributed by atoms with van der Waals surface area (Å²) in [5.74, 6) is -1.01. The molecule has 1 aliphatic heterocycles. The fourth-order valence-electron chi connectivity index (χ4n) is 3.64. The third kappa shape index (κ3) is 2.31. The summed E-state index contributed by atoms with van der Waals surface area (Å²) in [6.07, 6.45) is 0.691. The zero-order chi connectivity index (χ0) is 16.7. The van der Waals surface area contributed by atoms with Crippen LogP contribution in [0.5, 0.6) is 0 Å². The van der Waals surface area contributed by atoms with Crippen LogP contribution in [-0.2, 0) is 16.1 Å². The number of hydrogen-bond acceptors (Lipinski definition) is 2. The van der Waals surface area contributed by atoms with Crippen LogP contribution in [-0.4, -0.2) is 27.9 Å². The molecular formula is C20H17NO3. The predicted octanol–water partition coefficient (Wildman–Crippen LogP) is 3.57. The summed E-state index contributed by atoms with van der Waals surface area (Å²) in [4.78, 5) is 25.2. The molecule has 4 nitrogen and oxygen atoms in total. The lowest BCUT2D eigenvalue weighted by Crippen LogP contribution is -2.38. The molecule has 3 aromatic rings. The van der Waals surface area contributed by atoms with Gasteiger partial charge in [0, 0.05) is 13.0 Å². The van der Waals surface area contributed by atoms with Gasteiger partial charge >= 0.3 is 5.97 Å². The van der Waals surface area contributed by atoms with Gasteiger partial charge in [0.15, 0.2) is 0 Å². The molecule has 1 atom stereocenters.